The van der Waals surface area contributed by atoms with Crippen LogP contribution in [-0.2, 0) is 16.0 Å². The van der Waals surface area contributed by atoms with Gasteiger partial charge < -0.3 is 24.1 Å². The highest BCUT2D eigenvalue weighted by Crippen LogP contribution is 2.45. The number of methoxy groups -OCH3 is 1. The molecule has 3 aromatic rings. The minimum Gasteiger partial charge on any atom is -0.493 e. The second-order valence-electron chi connectivity index (χ2n) is 9.69. The summed E-state index contributed by atoms with van der Waals surface area (Å²) in [5.41, 5.74) is 7.97. The van der Waals surface area contributed by atoms with Crippen LogP contribution in [0.1, 0.15) is 46.1 Å². The van der Waals surface area contributed by atoms with E-state index in [2.05, 4.69) is 56.3 Å². The first-order chi connectivity index (χ1) is 17.4. The van der Waals surface area contributed by atoms with E-state index in [-0.39, 0.29) is 18.3 Å². The number of carbonyl (C=O) groups is 1. The fraction of sp³-hybridized carbons (Fsp3) is 0.367. The van der Waals surface area contributed by atoms with Crippen LogP contribution in [0, 0.1) is 13.8 Å². The lowest BCUT2D eigenvalue weighted by Gasteiger charge is -2.16. The van der Waals surface area contributed by atoms with Crippen LogP contribution in [0.5, 0.6) is 17.2 Å². The van der Waals surface area contributed by atoms with Gasteiger partial charge in [-0.05, 0) is 60.7 Å². The fourth-order valence-electron chi connectivity index (χ4n) is 5.46. The lowest BCUT2D eigenvalue weighted by molar-refractivity contribution is -0.137. The Morgan fingerprint density at radius 2 is 1.75 bits per heavy atom. The predicted molar refractivity (Wildman–Crippen MR) is 138 cm³/mol. The molecular formula is C30H32O6. The maximum absolute atomic E-state index is 11.1. The van der Waals surface area contributed by atoms with Gasteiger partial charge in [0.25, 0.3) is 0 Å². The highest BCUT2D eigenvalue weighted by molar-refractivity contribution is 5.79. The van der Waals surface area contributed by atoms with Crippen molar-refractivity contribution in [3.8, 4) is 28.4 Å². The van der Waals surface area contributed by atoms with Crippen LogP contribution in [-0.4, -0.2) is 44.6 Å². The van der Waals surface area contributed by atoms with Gasteiger partial charge in [-0.25, -0.2) is 0 Å². The summed E-state index contributed by atoms with van der Waals surface area (Å²) in [6.07, 6.45) is 0.930. The molecule has 0 aliphatic carbocycles. The van der Waals surface area contributed by atoms with Gasteiger partial charge in [0.05, 0.1) is 26.2 Å². The Hall–Kier alpha value is -3.51. The molecule has 0 fully saturated rings. The standard InChI is InChI=1S/C30H32O6/c1-18-11-23(34-10-9-33-3)12-19(2)29(18)26-6-4-5-25-21(17-36-30(25)26)13-20-7-8-24-22(15-28(31)32)16-35-27(24)14-20/h4-8,11-12,14,21-22H,9-10,13,15-17H2,1-3H3,(H,31,32)/t21-,22-/m1/s1. The van der Waals surface area contributed by atoms with Gasteiger partial charge in [-0.15, -0.1) is 0 Å². The number of fused-ring (bicyclic) bond motifs is 2. The topological polar surface area (TPSA) is 74.2 Å². The molecule has 0 amide bonds. The smallest absolute Gasteiger partial charge is 0.304 e. The van der Waals surface area contributed by atoms with Gasteiger partial charge in [0.1, 0.15) is 23.9 Å². The van der Waals surface area contributed by atoms with Crippen molar-refractivity contribution in [1.29, 1.82) is 0 Å². The Balaban J connectivity index is 1.37. The van der Waals surface area contributed by atoms with E-state index < -0.39 is 5.97 Å². The molecule has 0 saturated carbocycles. The molecule has 1 N–H and O–H groups in total. The Morgan fingerprint density at radius 3 is 2.50 bits per heavy atom. The van der Waals surface area contributed by atoms with Crippen molar-refractivity contribution >= 4 is 5.97 Å². The molecule has 0 bridgehead atoms. The Bertz CT molecular complexity index is 1260. The number of benzene rings is 3. The first kappa shape index (κ1) is 24.2. The molecular weight excluding hydrogens is 456 g/mol. The predicted octanol–water partition coefficient (Wildman–Crippen LogP) is 5.67. The van der Waals surface area contributed by atoms with Crippen molar-refractivity contribution in [2.24, 2.45) is 0 Å². The second-order valence-corrected chi connectivity index (χ2v) is 9.69. The fourth-order valence-corrected chi connectivity index (χ4v) is 5.46. The number of rotatable bonds is 9. The van der Waals surface area contributed by atoms with Crippen LogP contribution in [0.2, 0.25) is 0 Å². The van der Waals surface area contributed by atoms with Gasteiger partial charge in [-0.3, -0.25) is 4.79 Å². The van der Waals surface area contributed by atoms with E-state index in [1.807, 2.05) is 6.07 Å². The molecule has 2 atom stereocenters. The highest BCUT2D eigenvalue weighted by atomic mass is 16.5. The van der Waals surface area contributed by atoms with Crippen molar-refractivity contribution < 1.29 is 28.8 Å². The lowest BCUT2D eigenvalue weighted by Crippen LogP contribution is -2.07. The van der Waals surface area contributed by atoms with Crippen molar-refractivity contribution in [1.82, 2.24) is 0 Å². The molecule has 0 radical (unpaired) electrons. The first-order valence-corrected chi connectivity index (χ1v) is 12.4. The number of carboxylic acid groups (broad SMARTS) is 1. The van der Waals surface area contributed by atoms with Gasteiger partial charge in [-0.1, -0.05) is 30.3 Å². The monoisotopic (exact) mass is 488 g/mol. The number of para-hydroxylation sites is 1. The largest absolute Gasteiger partial charge is 0.493 e. The van der Waals surface area contributed by atoms with Gasteiger partial charge in [0, 0.05) is 35.6 Å². The van der Waals surface area contributed by atoms with Crippen LogP contribution in [0.25, 0.3) is 11.1 Å². The van der Waals surface area contributed by atoms with E-state index >= 15 is 0 Å². The third-order valence-electron chi connectivity index (χ3n) is 7.11. The number of ether oxygens (including phenoxy) is 4. The van der Waals surface area contributed by atoms with Gasteiger partial charge in [0.15, 0.2) is 0 Å². The molecule has 6 heteroatoms. The summed E-state index contributed by atoms with van der Waals surface area (Å²) in [6, 6.07) is 16.7. The molecule has 188 valence electrons. The zero-order valence-electron chi connectivity index (χ0n) is 21.0. The third-order valence-corrected chi connectivity index (χ3v) is 7.11. The van der Waals surface area contributed by atoms with Crippen LogP contribution in [0.3, 0.4) is 0 Å². The second kappa shape index (κ2) is 10.2. The third kappa shape index (κ3) is 4.78. The van der Waals surface area contributed by atoms with E-state index in [1.165, 1.54) is 16.7 Å². The number of hydrogen-bond donors (Lipinski definition) is 1. The molecule has 2 aliphatic heterocycles. The maximum Gasteiger partial charge on any atom is 0.304 e. The van der Waals surface area contributed by atoms with Crippen LogP contribution < -0.4 is 14.2 Å². The highest BCUT2D eigenvalue weighted by Gasteiger charge is 2.30. The number of aliphatic carboxylic acids is 1. The number of aryl methyl sites for hydroxylation is 2. The minimum atomic E-state index is -0.797. The summed E-state index contributed by atoms with van der Waals surface area (Å²) in [7, 11) is 1.67. The van der Waals surface area contributed by atoms with Crippen LogP contribution in [0.4, 0.5) is 0 Å². The molecule has 5 rings (SSSR count). The summed E-state index contributed by atoms with van der Waals surface area (Å²) < 4.78 is 23.0. The first-order valence-electron chi connectivity index (χ1n) is 12.4. The lowest BCUT2D eigenvalue weighted by atomic mass is 9.88. The normalized spacial score (nSPS) is 17.8. The molecule has 0 saturated heterocycles. The molecule has 2 aliphatic rings. The summed E-state index contributed by atoms with van der Waals surface area (Å²) >= 11 is 0. The Morgan fingerprint density at radius 1 is 0.972 bits per heavy atom. The van der Waals surface area contributed by atoms with Gasteiger partial charge in [-0.2, -0.15) is 0 Å². The van der Waals surface area contributed by atoms with Crippen LogP contribution >= 0.6 is 0 Å². The van der Waals surface area contributed by atoms with Gasteiger partial charge >= 0.3 is 5.97 Å². The van der Waals surface area contributed by atoms with E-state index in [1.54, 1.807) is 7.11 Å². The summed E-state index contributed by atoms with van der Waals surface area (Å²) in [5, 5.41) is 9.15. The Kier molecular flexibility index (Phi) is 6.88. The molecule has 6 nitrogen and oxygen atoms in total. The molecule has 0 aromatic heterocycles. The van der Waals surface area contributed by atoms with Crippen LogP contribution in [0.15, 0.2) is 48.5 Å². The van der Waals surface area contributed by atoms with Crippen molar-refractivity contribution in [2.75, 3.05) is 33.5 Å². The summed E-state index contributed by atoms with van der Waals surface area (Å²) in [4.78, 5) is 11.1. The zero-order valence-corrected chi connectivity index (χ0v) is 21.0. The SMILES string of the molecule is COCCOc1cc(C)c(-c2cccc3c2OC[C@H]3Cc2ccc3c(c2)OC[C@H]3CC(=O)O)c(C)c1. The maximum atomic E-state index is 11.1. The quantitative estimate of drug-likeness (QED) is 0.392. The summed E-state index contributed by atoms with van der Waals surface area (Å²) in [6.45, 7) is 6.36. The molecule has 0 unspecified atom stereocenters. The minimum absolute atomic E-state index is 0.0760. The molecule has 2 heterocycles. The van der Waals surface area contributed by atoms with E-state index in [4.69, 9.17) is 24.1 Å². The van der Waals surface area contributed by atoms with E-state index in [0.29, 0.717) is 26.4 Å². The number of carboxylic acids is 1. The molecule has 0 spiro atoms. The molecule has 3 aromatic carbocycles. The summed E-state index contributed by atoms with van der Waals surface area (Å²) in [5.74, 6) is 1.99. The van der Waals surface area contributed by atoms with Crippen molar-refractivity contribution in [3.63, 3.8) is 0 Å². The zero-order chi connectivity index (χ0) is 25.2. The van der Waals surface area contributed by atoms with E-state index in [0.717, 1.165) is 45.9 Å². The average molecular weight is 489 g/mol. The van der Waals surface area contributed by atoms with Gasteiger partial charge in [0.2, 0.25) is 0 Å². The molecule has 36 heavy (non-hydrogen) atoms. The Labute approximate surface area is 211 Å². The van der Waals surface area contributed by atoms with Crippen molar-refractivity contribution in [3.05, 3.63) is 76.3 Å². The average Bonchev–Trinajstić information content (AvgIpc) is 3.43. The van der Waals surface area contributed by atoms with E-state index in [9.17, 15) is 4.79 Å². The van der Waals surface area contributed by atoms with Crippen molar-refractivity contribution in [2.45, 2.75) is 38.5 Å². The number of hydrogen-bond acceptors (Lipinski definition) is 5.